The van der Waals surface area contributed by atoms with Gasteiger partial charge in [-0.25, -0.2) is 9.59 Å². The molecule has 0 bridgehead atoms. The van der Waals surface area contributed by atoms with Crippen molar-refractivity contribution in [3.8, 4) is 0 Å². The molecule has 1 aromatic carbocycles. The second kappa shape index (κ2) is 5.16. The highest BCUT2D eigenvalue weighted by molar-refractivity contribution is 5.92. The predicted octanol–water partition coefficient (Wildman–Crippen LogP) is 0.554. The van der Waals surface area contributed by atoms with Crippen LogP contribution in [-0.2, 0) is 20.9 Å². The van der Waals surface area contributed by atoms with Gasteiger partial charge >= 0.3 is 11.9 Å². The summed E-state index contributed by atoms with van der Waals surface area (Å²) in [5.41, 5.74) is 1.94. The van der Waals surface area contributed by atoms with Gasteiger partial charge < -0.3 is 9.68 Å². The van der Waals surface area contributed by atoms with Crippen LogP contribution in [0.1, 0.15) is 40.2 Å². The number of carbonyl (C=O) groups excluding carboxylic acids is 2. The highest BCUT2D eigenvalue weighted by Gasteiger charge is 2.30. The van der Waals surface area contributed by atoms with E-state index in [9.17, 15) is 9.59 Å². The van der Waals surface area contributed by atoms with Crippen molar-refractivity contribution in [2.75, 3.05) is 0 Å². The summed E-state index contributed by atoms with van der Waals surface area (Å²) >= 11 is 0. The predicted molar refractivity (Wildman–Crippen MR) is 62.0 cm³/mol. The van der Waals surface area contributed by atoms with Crippen LogP contribution in [0, 0.1) is 0 Å². The molecule has 0 radical (unpaired) electrons. The first kappa shape index (κ1) is 12.5. The van der Waals surface area contributed by atoms with E-state index in [0.29, 0.717) is 18.4 Å². The Bertz CT molecular complexity index is 487. The molecule has 1 atom stereocenters. The molecule has 1 aliphatic rings. The van der Waals surface area contributed by atoms with Gasteiger partial charge in [-0.1, -0.05) is 12.1 Å². The molecule has 2 rings (SSSR count). The molecule has 0 aliphatic heterocycles. The van der Waals surface area contributed by atoms with Gasteiger partial charge in [-0.05, 0) is 36.5 Å². The maximum atomic E-state index is 11.6. The van der Waals surface area contributed by atoms with E-state index in [1.807, 2.05) is 0 Å². The molecule has 0 aromatic heterocycles. The van der Waals surface area contributed by atoms with Crippen molar-refractivity contribution >= 4 is 11.9 Å². The van der Waals surface area contributed by atoms with Crippen molar-refractivity contribution < 1.29 is 19.3 Å². The van der Waals surface area contributed by atoms with Crippen molar-refractivity contribution in [3.05, 3.63) is 34.9 Å². The molecule has 0 amide bonds. The number of hydrogen-bond acceptors (Lipinski definition) is 6. The zero-order valence-electron chi connectivity index (χ0n) is 9.72. The van der Waals surface area contributed by atoms with Crippen molar-refractivity contribution in [1.82, 2.24) is 0 Å². The Balaban J connectivity index is 2.47. The van der Waals surface area contributed by atoms with E-state index in [2.05, 4.69) is 9.68 Å². The summed E-state index contributed by atoms with van der Waals surface area (Å²) in [5, 5.41) is 0. The first-order chi connectivity index (χ1) is 8.69. The van der Waals surface area contributed by atoms with E-state index < -0.39 is 17.9 Å². The number of nitrogens with two attached hydrogens (primary N) is 2. The Labute approximate surface area is 104 Å². The van der Waals surface area contributed by atoms with Crippen LogP contribution in [0.2, 0.25) is 0 Å². The van der Waals surface area contributed by atoms with Gasteiger partial charge in [0.25, 0.3) is 0 Å². The smallest absolute Gasteiger partial charge is 0.356 e. The van der Waals surface area contributed by atoms with Crippen LogP contribution in [0.25, 0.3) is 0 Å². The van der Waals surface area contributed by atoms with Crippen LogP contribution in [-0.4, -0.2) is 11.9 Å². The van der Waals surface area contributed by atoms with Crippen LogP contribution in [0.3, 0.4) is 0 Å². The Hall–Kier alpha value is -1.92. The molecule has 0 saturated heterocycles. The van der Waals surface area contributed by atoms with E-state index in [1.54, 1.807) is 18.2 Å². The molecule has 1 unspecified atom stereocenters. The first-order valence-electron chi connectivity index (χ1n) is 5.62. The first-order valence-corrected chi connectivity index (χ1v) is 5.62. The average molecular weight is 250 g/mol. The van der Waals surface area contributed by atoms with Gasteiger partial charge in [0.1, 0.15) is 0 Å². The number of benzene rings is 1. The quantitative estimate of drug-likeness (QED) is 0.743. The van der Waals surface area contributed by atoms with E-state index in [0.717, 1.165) is 17.5 Å². The van der Waals surface area contributed by atoms with Crippen LogP contribution in [0.4, 0.5) is 0 Å². The zero-order valence-corrected chi connectivity index (χ0v) is 9.72. The van der Waals surface area contributed by atoms with Gasteiger partial charge in [0, 0.05) is 0 Å². The largest absolute Gasteiger partial charge is 0.373 e. The Morgan fingerprint density at radius 1 is 1.22 bits per heavy atom. The summed E-state index contributed by atoms with van der Waals surface area (Å²) in [5.74, 6) is 8.30. The molecule has 4 N–H and O–H groups in total. The molecule has 6 nitrogen and oxygen atoms in total. The molecule has 0 spiro atoms. The lowest BCUT2D eigenvalue weighted by atomic mass is 9.81. The summed E-state index contributed by atoms with van der Waals surface area (Å²) in [7, 11) is 0. The number of fused-ring (bicyclic) bond motifs is 1. The molecule has 96 valence electrons. The minimum absolute atomic E-state index is 0.393. The molecule has 0 fully saturated rings. The Kier molecular flexibility index (Phi) is 3.59. The molecule has 6 heteroatoms. The molecule has 18 heavy (non-hydrogen) atoms. The van der Waals surface area contributed by atoms with E-state index in [1.165, 1.54) is 0 Å². The summed E-state index contributed by atoms with van der Waals surface area (Å²) < 4.78 is 0. The van der Waals surface area contributed by atoms with Crippen molar-refractivity contribution in [1.29, 1.82) is 0 Å². The number of hydrogen-bond donors (Lipinski definition) is 2. The van der Waals surface area contributed by atoms with Crippen LogP contribution < -0.4 is 11.8 Å². The summed E-state index contributed by atoms with van der Waals surface area (Å²) in [6, 6.07) is 5.11. The van der Waals surface area contributed by atoms with Crippen molar-refractivity contribution in [2.45, 2.75) is 25.2 Å². The van der Waals surface area contributed by atoms with E-state index >= 15 is 0 Å². The second-order valence-electron chi connectivity index (χ2n) is 4.16. The molecule has 0 heterocycles. The summed E-state index contributed by atoms with van der Waals surface area (Å²) in [6.07, 6.45) is 2.14. The maximum Gasteiger partial charge on any atom is 0.356 e. The van der Waals surface area contributed by atoms with Crippen LogP contribution in [0.15, 0.2) is 18.2 Å². The summed E-state index contributed by atoms with van der Waals surface area (Å²) in [4.78, 5) is 31.7. The highest BCUT2D eigenvalue weighted by atomic mass is 16.7. The lowest BCUT2D eigenvalue weighted by Gasteiger charge is -2.24. The van der Waals surface area contributed by atoms with E-state index in [4.69, 9.17) is 11.8 Å². The SMILES string of the molecule is NOC(=O)c1cccc2c1CCCC2C(=O)ON. The zero-order chi connectivity index (χ0) is 13.1. The van der Waals surface area contributed by atoms with Gasteiger partial charge in [-0.3, -0.25) is 0 Å². The highest BCUT2D eigenvalue weighted by Crippen LogP contribution is 2.34. The average Bonchev–Trinajstić information content (AvgIpc) is 2.44. The van der Waals surface area contributed by atoms with Gasteiger partial charge in [-0.2, -0.15) is 11.8 Å². The Morgan fingerprint density at radius 3 is 2.67 bits per heavy atom. The van der Waals surface area contributed by atoms with Gasteiger partial charge in [0.2, 0.25) is 0 Å². The minimum atomic E-state index is -0.603. The molecular weight excluding hydrogens is 236 g/mol. The topological polar surface area (TPSA) is 105 Å². The lowest BCUT2D eigenvalue weighted by molar-refractivity contribution is -0.146. The normalized spacial score (nSPS) is 17.8. The van der Waals surface area contributed by atoms with Gasteiger partial charge in [-0.15, -0.1) is 0 Å². The molecule has 0 saturated carbocycles. The fourth-order valence-corrected chi connectivity index (χ4v) is 2.43. The van der Waals surface area contributed by atoms with Crippen LogP contribution >= 0.6 is 0 Å². The Morgan fingerprint density at radius 2 is 2.00 bits per heavy atom. The third kappa shape index (κ3) is 2.07. The minimum Gasteiger partial charge on any atom is -0.373 e. The second-order valence-corrected chi connectivity index (χ2v) is 4.16. The molecular formula is C12H14N2O4. The number of rotatable bonds is 2. The van der Waals surface area contributed by atoms with Crippen LogP contribution in [0.5, 0.6) is 0 Å². The van der Waals surface area contributed by atoms with Crippen molar-refractivity contribution in [2.24, 2.45) is 11.8 Å². The van der Waals surface area contributed by atoms with E-state index in [-0.39, 0.29) is 0 Å². The fraction of sp³-hybridized carbons (Fsp3) is 0.333. The standard InChI is InChI=1S/C12H14N2O4/c13-17-11(15)9-5-1-3-7-8(9)4-2-6-10(7)12(16)18-14/h1,3,5,10H,2,4,6,13-14H2. The van der Waals surface area contributed by atoms with Gasteiger partial charge in [0.05, 0.1) is 11.5 Å². The maximum absolute atomic E-state index is 11.6. The van der Waals surface area contributed by atoms with Gasteiger partial charge in [0.15, 0.2) is 0 Å². The fourth-order valence-electron chi connectivity index (χ4n) is 2.43. The third-order valence-corrected chi connectivity index (χ3v) is 3.23. The molecule has 1 aromatic rings. The van der Waals surface area contributed by atoms with Crippen molar-refractivity contribution in [3.63, 3.8) is 0 Å². The summed E-state index contributed by atoms with van der Waals surface area (Å²) in [6.45, 7) is 0. The lowest BCUT2D eigenvalue weighted by Crippen LogP contribution is -2.25. The molecule has 1 aliphatic carbocycles. The number of carbonyl (C=O) groups is 2. The monoisotopic (exact) mass is 250 g/mol. The third-order valence-electron chi connectivity index (χ3n) is 3.23.